The Labute approximate surface area is 188 Å². The van der Waals surface area contributed by atoms with Gasteiger partial charge in [0.05, 0.1) is 17.7 Å². The van der Waals surface area contributed by atoms with E-state index in [1.165, 1.54) is 56.3 Å². The lowest BCUT2D eigenvalue weighted by molar-refractivity contribution is 0.104. The summed E-state index contributed by atoms with van der Waals surface area (Å²) in [6.07, 6.45) is 8.76. The van der Waals surface area contributed by atoms with Gasteiger partial charge in [0, 0.05) is 45.0 Å². The fraction of sp³-hybridized carbons (Fsp3) is 0.654. The highest BCUT2D eigenvalue weighted by Gasteiger charge is 2.22. The fourth-order valence-corrected chi connectivity index (χ4v) is 4.90. The monoisotopic (exact) mass is 424 g/mol. The predicted octanol–water partition coefficient (Wildman–Crippen LogP) is 5.37. The first-order chi connectivity index (χ1) is 15.0. The quantitative estimate of drug-likeness (QED) is 0.598. The lowest BCUT2D eigenvalue weighted by Crippen LogP contribution is -2.48. The molecule has 2 aliphatic rings. The standard InChI is InChI=1S/C26H40N4O/c1-20(2)29-16-14-28(15-17-29)18-22-10-12-23(13-11-22)25-19-30(24-8-6-5-7-9-24)27-26(25)31-21(3)4/h10-13,19-21,24H,5-9,14-18H2,1-4H3. The van der Waals surface area contributed by atoms with E-state index >= 15 is 0 Å². The molecular weight excluding hydrogens is 384 g/mol. The Balaban J connectivity index is 1.45. The second kappa shape index (κ2) is 10.2. The highest BCUT2D eigenvalue weighted by atomic mass is 16.5. The summed E-state index contributed by atoms with van der Waals surface area (Å²) in [5.41, 5.74) is 3.70. The van der Waals surface area contributed by atoms with Crippen molar-refractivity contribution in [1.29, 1.82) is 0 Å². The van der Waals surface area contributed by atoms with Crippen LogP contribution in [0, 0.1) is 0 Å². The second-order valence-corrected chi connectivity index (χ2v) is 9.89. The third kappa shape index (κ3) is 5.69. The van der Waals surface area contributed by atoms with Gasteiger partial charge in [0.2, 0.25) is 5.88 Å². The molecular formula is C26H40N4O. The Bertz CT molecular complexity index is 812. The first kappa shape index (κ1) is 22.3. The largest absolute Gasteiger partial charge is 0.473 e. The molecule has 1 aliphatic heterocycles. The van der Waals surface area contributed by atoms with Crippen LogP contribution in [0.4, 0.5) is 0 Å². The first-order valence-corrected chi connectivity index (χ1v) is 12.3. The van der Waals surface area contributed by atoms with E-state index < -0.39 is 0 Å². The van der Waals surface area contributed by atoms with Crippen molar-refractivity contribution in [3.05, 3.63) is 36.0 Å². The Kier molecular flexibility index (Phi) is 7.34. The summed E-state index contributed by atoms with van der Waals surface area (Å²) in [6.45, 7) is 14.4. The van der Waals surface area contributed by atoms with Crippen molar-refractivity contribution in [3.8, 4) is 17.0 Å². The first-order valence-electron chi connectivity index (χ1n) is 12.3. The molecule has 5 nitrogen and oxygen atoms in total. The molecule has 1 aromatic heterocycles. The highest BCUT2D eigenvalue weighted by molar-refractivity contribution is 5.68. The van der Waals surface area contributed by atoms with Gasteiger partial charge in [-0.2, -0.15) is 0 Å². The van der Waals surface area contributed by atoms with Crippen LogP contribution in [-0.2, 0) is 6.54 Å². The number of nitrogens with zero attached hydrogens (tertiary/aromatic N) is 4. The van der Waals surface area contributed by atoms with Gasteiger partial charge in [-0.1, -0.05) is 43.5 Å². The van der Waals surface area contributed by atoms with Crippen LogP contribution < -0.4 is 4.74 Å². The van der Waals surface area contributed by atoms with E-state index in [1.54, 1.807) is 0 Å². The maximum Gasteiger partial charge on any atom is 0.241 e. The number of ether oxygens (including phenoxy) is 1. The summed E-state index contributed by atoms with van der Waals surface area (Å²) < 4.78 is 8.28. The minimum atomic E-state index is 0.122. The lowest BCUT2D eigenvalue weighted by Gasteiger charge is -2.36. The van der Waals surface area contributed by atoms with Crippen molar-refractivity contribution >= 4 is 0 Å². The Morgan fingerprint density at radius 2 is 1.61 bits per heavy atom. The molecule has 1 aromatic carbocycles. The van der Waals surface area contributed by atoms with E-state index in [2.05, 4.69) is 72.6 Å². The van der Waals surface area contributed by atoms with Crippen LogP contribution >= 0.6 is 0 Å². The Hall–Kier alpha value is -1.85. The van der Waals surface area contributed by atoms with Gasteiger partial charge < -0.3 is 4.74 Å². The fourth-order valence-electron chi connectivity index (χ4n) is 4.90. The molecule has 1 aliphatic carbocycles. The molecule has 0 atom stereocenters. The molecule has 0 spiro atoms. The van der Waals surface area contributed by atoms with E-state index in [1.807, 2.05) is 0 Å². The molecule has 5 heteroatoms. The number of hydrogen-bond donors (Lipinski definition) is 0. The van der Waals surface area contributed by atoms with Crippen LogP contribution in [0.1, 0.15) is 71.4 Å². The minimum Gasteiger partial charge on any atom is -0.473 e. The van der Waals surface area contributed by atoms with Crippen LogP contribution in [0.5, 0.6) is 5.88 Å². The molecule has 0 bridgehead atoms. The third-order valence-electron chi connectivity index (χ3n) is 6.80. The summed E-state index contributed by atoms with van der Waals surface area (Å²) in [6, 6.07) is 10.2. The van der Waals surface area contributed by atoms with Crippen LogP contribution in [0.3, 0.4) is 0 Å². The zero-order valence-corrected chi connectivity index (χ0v) is 19.9. The summed E-state index contributed by atoms with van der Waals surface area (Å²) >= 11 is 0. The third-order valence-corrected chi connectivity index (χ3v) is 6.80. The lowest BCUT2D eigenvalue weighted by atomic mass is 9.96. The van der Waals surface area contributed by atoms with Gasteiger partial charge in [0.1, 0.15) is 0 Å². The Morgan fingerprint density at radius 3 is 2.23 bits per heavy atom. The predicted molar refractivity (Wildman–Crippen MR) is 128 cm³/mol. The number of piperazine rings is 1. The number of aromatic nitrogens is 2. The average Bonchev–Trinajstić information content (AvgIpc) is 3.18. The molecule has 0 unspecified atom stereocenters. The molecule has 0 radical (unpaired) electrons. The molecule has 0 N–H and O–H groups in total. The average molecular weight is 425 g/mol. The SMILES string of the molecule is CC(C)Oc1nn(C2CCCCC2)cc1-c1ccc(CN2CCN(C(C)C)CC2)cc1. The van der Waals surface area contributed by atoms with Crippen molar-refractivity contribution in [2.75, 3.05) is 26.2 Å². The van der Waals surface area contributed by atoms with Crippen LogP contribution in [-0.4, -0.2) is 57.9 Å². The topological polar surface area (TPSA) is 33.5 Å². The van der Waals surface area contributed by atoms with Gasteiger partial charge in [-0.25, -0.2) is 0 Å². The molecule has 170 valence electrons. The second-order valence-electron chi connectivity index (χ2n) is 9.89. The van der Waals surface area contributed by atoms with Crippen molar-refractivity contribution in [1.82, 2.24) is 19.6 Å². The van der Waals surface area contributed by atoms with Crippen molar-refractivity contribution < 1.29 is 4.74 Å². The summed E-state index contributed by atoms with van der Waals surface area (Å²) in [7, 11) is 0. The van der Waals surface area contributed by atoms with Gasteiger partial charge in [-0.15, -0.1) is 5.10 Å². The van der Waals surface area contributed by atoms with Gasteiger partial charge in [-0.3, -0.25) is 14.5 Å². The number of rotatable bonds is 7. The summed E-state index contributed by atoms with van der Waals surface area (Å²) in [4.78, 5) is 5.14. The zero-order chi connectivity index (χ0) is 21.8. The molecule has 1 saturated carbocycles. The van der Waals surface area contributed by atoms with E-state index in [0.717, 1.165) is 31.1 Å². The number of benzene rings is 1. The van der Waals surface area contributed by atoms with Gasteiger partial charge in [0.25, 0.3) is 0 Å². The summed E-state index contributed by atoms with van der Waals surface area (Å²) in [5, 5.41) is 4.87. The highest BCUT2D eigenvalue weighted by Crippen LogP contribution is 2.34. The van der Waals surface area contributed by atoms with Crippen LogP contribution in [0.25, 0.3) is 11.1 Å². The van der Waals surface area contributed by atoms with E-state index in [-0.39, 0.29) is 6.10 Å². The van der Waals surface area contributed by atoms with Gasteiger partial charge in [-0.05, 0) is 51.7 Å². The molecule has 4 rings (SSSR count). The smallest absolute Gasteiger partial charge is 0.241 e. The molecule has 2 fully saturated rings. The van der Waals surface area contributed by atoms with Crippen molar-refractivity contribution in [2.24, 2.45) is 0 Å². The van der Waals surface area contributed by atoms with Gasteiger partial charge >= 0.3 is 0 Å². The maximum atomic E-state index is 6.11. The normalized spacial score (nSPS) is 19.4. The molecule has 2 heterocycles. The summed E-state index contributed by atoms with van der Waals surface area (Å²) in [5.74, 6) is 0.776. The van der Waals surface area contributed by atoms with E-state index in [9.17, 15) is 0 Å². The maximum absolute atomic E-state index is 6.11. The van der Waals surface area contributed by atoms with Crippen molar-refractivity contribution in [3.63, 3.8) is 0 Å². The van der Waals surface area contributed by atoms with Crippen LogP contribution in [0.2, 0.25) is 0 Å². The van der Waals surface area contributed by atoms with Crippen molar-refractivity contribution in [2.45, 2.75) is 84.5 Å². The minimum absolute atomic E-state index is 0.122. The van der Waals surface area contributed by atoms with E-state index in [4.69, 9.17) is 9.84 Å². The molecule has 0 amide bonds. The molecule has 31 heavy (non-hydrogen) atoms. The van der Waals surface area contributed by atoms with Gasteiger partial charge in [0.15, 0.2) is 0 Å². The molecule has 1 saturated heterocycles. The molecule has 2 aromatic rings. The number of hydrogen-bond acceptors (Lipinski definition) is 4. The Morgan fingerprint density at radius 1 is 0.935 bits per heavy atom. The zero-order valence-electron chi connectivity index (χ0n) is 19.9. The van der Waals surface area contributed by atoms with Crippen LogP contribution in [0.15, 0.2) is 30.5 Å². The van der Waals surface area contributed by atoms with E-state index in [0.29, 0.717) is 12.1 Å².